The van der Waals surface area contributed by atoms with Gasteiger partial charge in [0.2, 0.25) is 0 Å². The molecule has 2 N–H and O–H groups in total. The zero-order valence-corrected chi connectivity index (χ0v) is 13.1. The van der Waals surface area contributed by atoms with Gasteiger partial charge in [0.05, 0.1) is 0 Å². The summed E-state index contributed by atoms with van der Waals surface area (Å²) in [4.78, 5) is 11.5. The topological polar surface area (TPSA) is 50.4 Å². The summed E-state index contributed by atoms with van der Waals surface area (Å²) in [5, 5.41) is 6.12. The number of alkyl carbamates (subject to hydrolysis) is 1. The minimum atomic E-state index is -0.462. The molecule has 0 aromatic heterocycles. The second-order valence-corrected chi connectivity index (χ2v) is 6.21. The van der Waals surface area contributed by atoms with Gasteiger partial charge in [0.1, 0.15) is 5.60 Å². The Kier molecular flexibility index (Phi) is 6.02. The van der Waals surface area contributed by atoms with Crippen LogP contribution in [-0.2, 0) is 17.8 Å². The molecule has 1 aromatic rings. The van der Waals surface area contributed by atoms with Gasteiger partial charge < -0.3 is 15.4 Å². The van der Waals surface area contributed by atoms with Crippen LogP contribution in [0.1, 0.15) is 45.7 Å². The maximum Gasteiger partial charge on any atom is 0.407 e. The van der Waals surface area contributed by atoms with Crippen molar-refractivity contribution >= 4 is 6.09 Å². The van der Waals surface area contributed by atoms with E-state index in [9.17, 15) is 4.79 Å². The lowest BCUT2D eigenvalue weighted by molar-refractivity contribution is 0.0523. The fourth-order valence-electron chi connectivity index (χ4n) is 1.59. The summed E-state index contributed by atoms with van der Waals surface area (Å²) in [5.41, 5.74) is 1.83. The first-order chi connectivity index (χ1) is 9.26. The highest BCUT2D eigenvalue weighted by atomic mass is 16.6. The van der Waals surface area contributed by atoms with Crippen LogP contribution >= 0.6 is 0 Å². The van der Waals surface area contributed by atoms with Crippen LogP contribution in [0.4, 0.5) is 4.79 Å². The van der Waals surface area contributed by atoms with Gasteiger partial charge in [-0.15, -0.1) is 0 Å². The van der Waals surface area contributed by atoms with Crippen molar-refractivity contribution in [1.29, 1.82) is 0 Å². The number of ether oxygens (including phenoxy) is 1. The molecular weight excluding hydrogens is 252 g/mol. The van der Waals surface area contributed by atoms with Gasteiger partial charge in [-0.25, -0.2) is 4.79 Å². The molecule has 1 rings (SSSR count). The van der Waals surface area contributed by atoms with Gasteiger partial charge in [0.15, 0.2) is 0 Å². The van der Waals surface area contributed by atoms with E-state index in [-0.39, 0.29) is 6.09 Å². The first kappa shape index (κ1) is 16.5. The fraction of sp³-hybridized carbons (Fsp3) is 0.562. The number of nitrogens with one attached hydrogen (secondary N) is 2. The Hall–Kier alpha value is -1.55. The van der Waals surface area contributed by atoms with E-state index in [1.54, 1.807) is 0 Å². The number of hydrogen-bond donors (Lipinski definition) is 2. The van der Waals surface area contributed by atoms with Gasteiger partial charge >= 0.3 is 6.09 Å². The Morgan fingerprint density at radius 2 is 1.60 bits per heavy atom. The van der Waals surface area contributed by atoms with Crippen LogP contribution in [0.3, 0.4) is 0 Å². The molecule has 1 amide bonds. The minimum absolute atomic E-state index is 0.386. The molecule has 0 aliphatic heterocycles. The van der Waals surface area contributed by atoms with Gasteiger partial charge in [-0.3, -0.25) is 0 Å². The summed E-state index contributed by atoms with van der Waals surface area (Å²) < 4.78 is 5.19. The lowest BCUT2D eigenvalue weighted by Gasteiger charge is -2.19. The molecule has 0 bridgehead atoms. The number of carbonyl (C=O) groups is 1. The van der Waals surface area contributed by atoms with E-state index < -0.39 is 5.60 Å². The first-order valence-corrected chi connectivity index (χ1v) is 7.04. The smallest absolute Gasteiger partial charge is 0.407 e. The van der Waals surface area contributed by atoms with Crippen molar-refractivity contribution in [3.63, 3.8) is 0 Å². The normalized spacial score (nSPS) is 11.5. The Morgan fingerprint density at radius 1 is 1.10 bits per heavy atom. The molecule has 4 heteroatoms. The quantitative estimate of drug-likeness (QED) is 0.869. The third-order valence-electron chi connectivity index (χ3n) is 2.57. The van der Waals surface area contributed by atoms with Crippen LogP contribution in [0.15, 0.2) is 24.3 Å². The second kappa shape index (κ2) is 7.29. The molecule has 0 spiro atoms. The molecule has 0 radical (unpaired) electrons. The monoisotopic (exact) mass is 278 g/mol. The van der Waals surface area contributed by atoms with Crippen molar-refractivity contribution in [2.45, 2.75) is 59.4 Å². The number of benzene rings is 1. The Morgan fingerprint density at radius 3 is 2.05 bits per heavy atom. The van der Waals surface area contributed by atoms with Crippen molar-refractivity contribution < 1.29 is 9.53 Å². The molecule has 20 heavy (non-hydrogen) atoms. The van der Waals surface area contributed by atoms with Crippen LogP contribution in [0.5, 0.6) is 0 Å². The maximum atomic E-state index is 11.5. The molecule has 0 aliphatic carbocycles. The zero-order valence-electron chi connectivity index (χ0n) is 13.1. The predicted molar refractivity (Wildman–Crippen MR) is 81.5 cm³/mol. The number of rotatable bonds is 5. The van der Waals surface area contributed by atoms with E-state index >= 15 is 0 Å². The van der Waals surface area contributed by atoms with Gasteiger partial charge in [0, 0.05) is 19.1 Å². The third-order valence-corrected chi connectivity index (χ3v) is 2.57. The van der Waals surface area contributed by atoms with E-state index in [0.717, 1.165) is 12.1 Å². The van der Waals surface area contributed by atoms with E-state index in [1.165, 1.54) is 5.56 Å². The summed E-state index contributed by atoms with van der Waals surface area (Å²) in [6, 6.07) is 8.66. The number of amides is 1. The molecule has 4 nitrogen and oxygen atoms in total. The van der Waals surface area contributed by atoms with Crippen LogP contribution in [0.2, 0.25) is 0 Å². The average Bonchev–Trinajstić information content (AvgIpc) is 2.33. The van der Waals surface area contributed by atoms with Crippen molar-refractivity contribution in [1.82, 2.24) is 10.6 Å². The molecule has 0 saturated carbocycles. The Balaban J connectivity index is 2.40. The van der Waals surface area contributed by atoms with Crippen LogP contribution in [0, 0.1) is 0 Å². The van der Waals surface area contributed by atoms with Gasteiger partial charge in [-0.1, -0.05) is 38.1 Å². The molecular formula is C16H26N2O2. The van der Waals surface area contributed by atoms with Crippen molar-refractivity contribution in [3.8, 4) is 0 Å². The van der Waals surface area contributed by atoms with Gasteiger partial charge in [-0.2, -0.15) is 0 Å². The second-order valence-electron chi connectivity index (χ2n) is 6.21. The standard InChI is InChI=1S/C16H26N2O2/c1-12(2)17-10-13-6-8-14(9-7-13)11-18-15(19)20-16(3,4)5/h6-9,12,17H,10-11H2,1-5H3,(H,18,19). The summed E-state index contributed by atoms with van der Waals surface area (Å²) in [6.45, 7) is 11.1. The highest BCUT2D eigenvalue weighted by molar-refractivity contribution is 5.67. The van der Waals surface area contributed by atoms with Crippen molar-refractivity contribution in [3.05, 3.63) is 35.4 Å². The first-order valence-electron chi connectivity index (χ1n) is 7.04. The lowest BCUT2D eigenvalue weighted by atomic mass is 10.1. The SMILES string of the molecule is CC(C)NCc1ccc(CNC(=O)OC(C)(C)C)cc1. The highest BCUT2D eigenvalue weighted by Gasteiger charge is 2.15. The summed E-state index contributed by atoms with van der Waals surface area (Å²) >= 11 is 0. The van der Waals surface area contributed by atoms with Crippen LogP contribution in [-0.4, -0.2) is 17.7 Å². The largest absolute Gasteiger partial charge is 0.444 e. The molecule has 112 valence electrons. The lowest BCUT2D eigenvalue weighted by Crippen LogP contribution is -2.32. The maximum absolute atomic E-state index is 11.5. The summed E-state index contributed by atoms with van der Waals surface area (Å²) in [5.74, 6) is 0. The van der Waals surface area contributed by atoms with E-state index in [2.05, 4.69) is 36.6 Å². The Labute approximate surface area is 121 Å². The van der Waals surface area contributed by atoms with Crippen LogP contribution < -0.4 is 10.6 Å². The minimum Gasteiger partial charge on any atom is -0.444 e. The molecule has 0 aliphatic rings. The predicted octanol–water partition coefficient (Wildman–Crippen LogP) is 3.21. The van der Waals surface area contributed by atoms with Gasteiger partial charge in [0.25, 0.3) is 0 Å². The molecule has 0 atom stereocenters. The molecule has 0 saturated heterocycles. The van der Waals surface area contributed by atoms with Crippen LogP contribution in [0.25, 0.3) is 0 Å². The summed E-state index contributed by atoms with van der Waals surface area (Å²) in [6.07, 6.45) is -0.386. The van der Waals surface area contributed by atoms with Crippen molar-refractivity contribution in [2.24, 2.45) is 0 Å². The third kappa shape index (κ3) is 7.14. The number of carbonyl (C=O) groups excluding carboxylic acids is 1. The van der Waals surface area contributed by atoms with E-state index in [0.29, 0.717) is 12.6 Å². The zero-order chi connectivity index (χ0) is 15.2. The van der Waals surface area contributed by atoms with E-state index in [4.69, 9.17) is 4.74 Å². The average molecular weight is 278 g/mol. The summed E-state index contributed by atoms with van der Waals surface area (Å²) in [7, 11) is 0. The van der Waals surface area contributed by atoms with Crippen molar-refractivity contribution in [2.75, 3.05) is 0 Å². The molecule has 0 unspecified atom stereocenters. The molecule has 0 heterocycles. The molecule has 1 aromatic carbocycles. The van der Waals surface area contributed by atoms with Gasteiger partial charge in [-0.05, 0) is 31.9 Å². The Bertz CT molecular complexity index is 419. The fourth-order valence-corrected chi connectivity index (χ4v) is 1.59. The molecule has 0 fully saturated rings. The number of hydrogen-bond acceptors (Lipinski definition) is 3. The highest BCUT2D eigenvalue weighted by Crippen LogP contribution is 2.08. The van der Waals surface area contributed by atoms with E-state index in [1.807, 2.05) is 32.9 Å².